The van der Waals surface area contributed by atoms with E-state index in [0.29, 0.717) is 29.6 Å². The van der Waals surface area contributed by atoms with E-state index >= 15 is 0 Å². The van der Waals surface area contributed by atoms with Gasteiger partial charge in [0.1, 0.15) is 23.5 Å². The number of rotatable bonds is 5. The summed E-state index contributed by atoms with van der Waals surface area (Å²) in [6.07, 6.45) is 5.36. The van der Waals surface area contributed by atoms with Crippen LogP contribution in [0, 0.1) is 12.3 Å². The molecule has 33 heavy (non-hydrogen) atoms. The quantitative estimate of drug-likeness (QED) is 0.588. The number of likely N-dealkylation sites (tertiary alicyclic amines) is 1. The third-order valence-electron chi connectivity index (χ3n) is 5.91. The number of hydrogen-bond acceptors (Lipinski definition) is 6. The summed E-state index contributed by atoms with van der Waals surface area (Å²) in [7, 11) is 0. The van der Waals surface area contributed by atoms with Gasteiger partial charge in [0.25, 0.3) is 0 Å². The zero-order chi connectivity index (χ0) is 23.8. The molecule has 0 saturated carbocycles. The predicted octanol–water partition coefficient (Wildman–Crippen LogP) is 4.60. The number of pyridine rings is 2. The number of hydrogen-bond donors (Lipinski definition) is 2. The molecule has 3 aromatic rings. The van der Waals surface area contributed by atoms with Gasteiger partial charge in [-0.3, -0.25) is 19.9 Å². The van der Waals surface area contributed by atoms with Crippen molar-refractivity contribution >= 4 is 11.8 Å². The maximum absolute atomic E-state index is 12.6. The Hall–Kier alpha value is -3.46. The van der Waals surface area contributed by atoms with Crippen molar-refractivity contribution in [2.75, 3.05) is 11.9 Å². The Morgan fingerprint density at radius 3 is 2.73 bits per heavy atom. The molecule has 4 rings (SSSR count). The molecule has 1 aliphatic heterocycles. The van der Waals surface area contributed by atoms with E-state index in [4.69, 9.17) is 4.74 Å². The number of aliphatic hydroxyl groups is 1. The van der Waals surface area contributed by atoms with Crippen LogP contribution in [0.15, 0.2) is 42.9 Å². The van der Waals surface area contributed by atoms with E-state index in [9.17, 15) is 9.90 Å². The molecular formula is C24H30N6O3. The second-order valence-electron chi connectivity index (χ2n) is 9.30. The van der Waals surface area contributed by atoms with Crippen molar-refractivity contribution in [3.8, 4) is 22.8 Å². The number of aliphatic hydroxyl groups excluding tert-OH is 1. The topological polar surface area (TPSA) is 105 Å². The predicted molar refractivity (Wildman–Crippen MR) is 125 cm³/mol. The molecule has 9 heteroatoms. The first-order chi connectivity index (χ1) is 15.6. The number of carbonyl (C=O) groups is 1. The standard InChI is InChI=1S/C24H30N6O3/c1-15(2)30-14-17(13-26-30)19-12-18(8-10-25-19)33-20-6-7-21(27-16(20)3)28-23(32)29-11-9-24(4,5)22(29)31/h6-8,10,12-15,22,31H,9,11H2,1-5H3,(H,27,28,32). The molecule has 2 amide bonds. The van der Waals surface area contributed by atoms with Gasteiger partial charge in [-0.1, -0.05) is 13.8 Å². The summed E-state index contributed by atoms with van der Waals surface area (Å²) in [5.74, 6) is 1.60. The van der Waals surface area contributed by atoms with Gasteiger partial charge in [0.2, 0.25) is 0 Å². The minimum atomic E-state index is -0.824. The van der Waals surface area contributed by atoms with E-state index in [0.717, 1.165) is 17.7 Å². The van der Waals surface area contributed by atoms with Gasteiger partial charge in [-0.15, -0.1) is 0 Å². The summed E-state index contributed by atoms with van der Waals surface area (Å²) in [5.41, 5.74) is 1.98. The number of carbonyl (C=O) groups excluding carboxylic acids is 1. The fourth-order valence-electron chi connectivity index (χ4n) is 3.71. The first-order valence-corrected chi connectivity index (χ1v) is 11.1. The Balaban J connectivity index is 1.45. The molecule has 1 unspecified atom stereocenters. The summed E-state index contributed by atoms with van der Waals surface area (Å²) in [6, 6.07) is 6.98. The van der Waals surface area contributed by atoms with Crippen LogP contribution in [0.4, 0.5) is 10.6 Å². The molecule has 0 bridgehead atoms. The smallest absolute Gasteiger partial charge is 0.325 e. The van der Waals surface area contributed by atoms with Gasteiger partial charge in [0.05, 0.1) is 17.6 Å². The van der Waals surface area contributed by atoms with Crippen LogP contribution in [0.2, 0.25) is 0 Å². The van der Waals surface area contributed by atoms with Crippen LogP contribution in [0.3, 0.4) is 0 Å². The fraction of sp³-hybridized carbons (Fsp3) is 0.417. The first-order valence-electron chi connectivity index (χ1n) is 11.1. The van der Waals surface area contributed by atoms with Crippen molar-refractivity contribution in [3.63, 3.8) is 0 Å². The Morgan fingerprint density at radius 1 is 1.30 bits per heavy atom. The summed E-state index contributed by atoms with van der Waals surface area (Å²) < 4.78 is 7.92. The normalized spacial score (nSPS) is 17.4. The largest absolute Gasteiger partial charge is 0.455 e. The minimum Gasteiger partial charge on any atom is -0.455 e. The van der Waals surface area contributed by atoms with Gasteiger partial charge >= 0.3 is 6.03 Å². The van der Waals surface area contributed by atoms with Gasteiger partial charge in [-0.2, -0.15) is 5.10 Å². The number of nitrogens with one attached hydrogen (secondary N) is 1. The van der Waals surface area contributed by atoms with Crippen molar-refractivity contribution in [2.45, 2.75) is 53.3 Å². The Bertz CT molecular complexity index is 1160. The highest BCUT2D eigenvalue weighted by atomic mass is 16.5. The van der Waals surface area contributed by atoms with Crippen molar-refractivity contribution in [3.05, 3.63) is 48.5 Å². The number of amides is 2. The third kappa shape index (κ3) is 4.83. The first kappa shape index (κ1) is 22.7. The number of urea groups is 1. The molecule has 0 spiro atoms. The average molecular weight is 451 g/mol. The molecule has 1 saturated heterocycles. The average Bonchev–Trinajstić information content (AvgIpc) is 3.36. The summed E-state index contributed by atoms with van der Waals surface area (Å²) in [6.45, 7) is 10.3. The van der Waals surface area contributed by atoms with Crippen LogP contribution in [0.1, 0.15) is 45.9 Å². The highest BCUT2D eigenvalue weighted by molar-refractivity contribution is 5.88. The van der Waals surface area contributed by atoms with E-state index < -0.39 is 6.23 Å². The third-order valence-corrected chi connectivity index (χ3v) is 5.91. The molecule has 0 radical (unpaired) electrons. The fourth-order valence-corrected chi connectivity index (χ4v) is 3.71. The molecule has 0 aromatic carbocycles. The SMILES string of the molecule is Cc1nc(NC(=O)N2CCC(C)(C)C2O)ccc1Oc1ccnc(-c2cnn(C(C)C)c2)c1. The van der Waals surface area contributed by atoms with Gasteiger partial charge in [-0.05, 0) is 45.4 Å². The molecule has 174 valence electrons. The van der Waals surface area contributed by atoms with Crippen LogP contribution < -0.4 is 10.1 Å². The second kappa shape index (κ2) is 8.82. The number of anilines is 1. The summed E-state index contributed by atoms with van der Waals surface area (Å²) in [5, 5.41) is 17.5. The van der Waals surface area contributed by atoms with Crippen molar-refractivity contribution in [1.82, 2.24) is 24.6 Å². The second-order valence-corrected chi connectivity index (χ2v) is 9.30. The molecule has 0 aliphatic carbocycles. The molecule has 1 fully saturated rings. The zero-order valence-corrected chi connectivity index (χ0v) is 19.6. The maximum atomic E-state index is 12.6. The van der Waals surface area contributed by atoms with Crippen molar-refractivity contribution < 1.29 is 14.6 Å². The Labute approximate surface area is 193 Å². The van der Waals surface area contributed by atoms with E-state index in [-0.39, 0.29) is 17.5 Å². The molecule has 1 atom stereocenters. The van der Waals surface area contributed by atoms with Crippen LogP contribution in [0.25, 0.3) is 11.3 Å². The van der Waals surface area contributed by atoms with Gasteiger partial charge in [-0.25, -0.2) is 9.78 Å². The van der Waals surface area contributed by atoms with E-state index in [2.05, 4.69) is 34.2 Å². The van der Waals surface area contributed by atoms with Gasteiger partial charge in [0, 0.05) is 42.0 Å². The van der Waals surface area contributed by atoms with E-state index in [1.54, 1.807) is 30.6 Å². The Morgan fingerprint density at radius 2 is 2.09 bits per heavy atom. The number of aromatic nitrogens is 4. The monoisotopic (exact) mass is 450 g/mol. The lowest BCUT2D eigenvalue weighted by Crippen LogP contribution is -2.42. The summed E-state index contributed by atoms with van der Waals surface area (Å²) in [4.78, 5) is 22.9. The minimum absolute atomic E-state index is 0.270. The van der Waals surface area contributed by atoms with Gasteiger partial charge < -0.3 is 9.84 Å². The van der Waals surface area contributed by atoms with Gasteiger partial charge in [0.15, 0.2) is 0 Å². The lowest BCUT2D eigenvalue weighted by atomic mass is 9.91. The zero-order valence-electron chi connectivity index (χ0n) is 19.6. The molecule has 9 nitrogen and oxygen atoms in total. The molecule has 4 heterocycles. The highest BCUT2D eigenvalue weighted by Crippen LogP contribution is 2.35. The molecule has 1 aliphatic rings. The van der Waals surface area contributed by atoms with Crippen molar-refractivity contribution in [1.29, 1.82) is 0 Å². The lowest BCUT2D eigenvalue weighted by molar-refractivity contribution is -0.00117. The van der Waals surface area contributed by atoms with E-state index in [1.807, 2.05) is 37.7 Å². The van der Waals surface area contributed by atoms with Crippen LogP contribution in [-0.2, 0) is 0 Å². The Kier molecular flexibility index (Phi) is 6.07. The molecular weight excluding hydrogens is 420 g/mol. The van der Waals surface area contributed by atoms with E-state index in [1.165, 1.54) is 4.90 Å². The molecule has 3 aromatic heterocycles. The maximum Gasteiger partial charge on any atom is 0.325 e. The summed E-state index contributed by atoms with van der Waals surface area (Å²) >= 11 is 0. The van der Waals surface area contributed by atoms with Crippen LogP contribution in [0.5, 0.6) is 11.5 Å². The lowest BCUT2D eigenvalue weighted by Gasteiger charge is -2.27. The highest BCUT2D eigenvalue weighted by Gasteiger charge is 2.41. The number of aryl methyl sites for hydroxylation is 1. The van der Waals surface area contributed by atoms with Crippen LogP contribution in [-0.4, -0.2) is 48.6 Å². The number of nitrogens with zero attached hydrogens (tertiary/aromatic N) is 5. The van der Waals surface area contributed by atoms with Crippen LogP contribution >= 0.6 is 0 Å². The number of ether oxygens (including phenoxy) is 1. The molecule has 2 N–H and O–H groups in total. The van der Waals surface area contributed by atoms with Crippen molar-refractivity contribution in [2.24, 2.45) is 5.41 Å².